The Labute approximate surface area is 203 Å². The summed E-state index contributed by atoms with van der Waals surface area (Å²) in [5, 5.41) is 27.8. The lowest BCUT2D eigenvalue weighted by atomic mass is 10.1. The van der Waals surface area contributed by atoms with E-state index >= 15 is 0 Å². The van der Waals surface area contributed by atoms with E-state index in [1.165, 1.54) is 30.3 Å². The van der Waals surface area contributed by atoms with Crippen LogP contribution in [-0.2, 0) is 0 Å². The summed E-state index contributed by atoms with van der Waals surface area (Å²) in [6, 6.07) is 29.2. The van der Waals surface area contributed by atoms with Gasteiger partial charge in [-0.2, -0.15) is 0 Å². The van der Waals surface area contributed by atoms with E-state index in [9.17, 15) is 14.7 Å². The highest BCUT2D eigenvalue weighted by atomic mass is 16.3. The first-order valence-corrected chi connectivity index (χ1v) is 10.8. The topological polar surface area (TPSA) is 94.8 Å². The predicted molar refractivity (Wildman–Crippen MR) is 137 cm³/mol. The molecule has 0 aliphatic heterocycles. The zero-order valence-corrected chi connectivity index (χ0v) is 18.8. The molecule has 4 aromatic carbocycles. The van der Waals surface area contributed by atoms with Crippen molar-refractivity contribution in [3.05, 3.63) is 138 Å². The predicted octanol–water partition coefficient (Wildman–Crippen LogP) is 6.28. The summed E-state index contributed by atoms with van der Waals surface area (Å²) < 4.78 is 0. The molecule has 0 unspecified atom stereocenters. The van der Waals surface area contributed by atoms with Gasteiger partial charge in [-0.25, -0.2) is 0 Å². The lowest BCUT2D eigenvalue weighted by Crippen LogP contribution is -1.94. The van der Waals surface area contributed by atoms with Crippen molar-refractivity contribution in [2.45, 2.75) is 0 Å². The second kappa shape index (κ2) is 12.4. The lowest BCUT2D eigenvalue weighted by Gasteiger charge is -2.01. The monoisotopic (exact) mass is 464 g/mol. The van der Waals surface area contributed by atoms with Gasteiger partial charge in [-0.05, 0) is 47.5 Å². The van der Waals surface area contributed by atoms with E-state index in [4.69, 9.17) is 10.2 Å². The Hall–Kier alpha value is -4.90. The molecule has 0 spiro atoms. The molecule has 0 fully saturated rings. The number of allylic oxidation sites excluding steroid dienone is 2. The van der Waals surface area contributed by atoms with Crippen molar-refractivity contribution in [3.8, 4) is 17.2 Å². The third kappa shape index (κ3) is 7.87. The number of carbonyl (C=O) groups is 2. The third-order valence-electron chi connectivity index (χ3n) is 4.85. The maximum atomic E-state index is 11.8. The van der Waals surface area contributed by atoms with E-state index in [0.29, 0.717) is 0 Å². The van der Waals surface area contributed by atoms with Crippen LogP contribution in [0, 0.1) is 0 Å². The minimum absolute atomic E-state index is 0.0319. The Morgan fingerprint density at radius 1 is 0.543 bits per heavy atom. The largest absolute Gasteiger partial charge is 0.508 e. The average molecular weight is 465 g/mol. The average Bonchev–Trinajstić information content (AvgIpc) is 2.88. The first-order valence-electron chi connectivity index (χ1n) is 10.8. The Kier molecular flexibility index (Phi) is 8.74. The van der Waals surface area contributed by atoms with E-state index in [1.807, 2.05) is 66.7 Å². The number of ketones is 2. The molecule has 4 rings (SSSR count). The Balaban J connectivity index is 0.000000198. The van der Waals surface area contributed by atoms with Crippen LogP contribution in [0.1, 0.15) is 31.8 Å². The molecule has 174 valence electrons. The van der Waals surface area contributed by atoms with E-state index in [2.05, 4.69) is 0 Å². The quantitative estimate of drug-likeness (QED) is 0.230. The van der Waals surface area contributed by atoms with Crippen molar-refractivity contribution in [1.82, 2.24) is 0 Å². The molecule has 0 aliphatic rings. The molecule has 5 nitrogen and oxygen atoms in total. The van der Waals surface area contributed by atoms with Gasteiger partial charge in [0.05, 0.1) is 5.56 Å². The molecule has 0 radical (unpaired) electrons. The number of benzene rings is 4. The zero-order chi connectivity index (χ0) is 25.0. The maximum absolute atomic E-state index is 11.8. The minimum Gasteiger partial charge on any atom is -0.508 e. The van der Waals surface area contributed by atoms with Gasteiger partial charge in [-0.3, -0.25) is 9.59 Å². The molecule has 0 aromatic heterocycles. The van der Waals surface area contributed by atoms with Gasteiger partial charge in [0.2, 0.25) is 0 Å². The summed E-state index contributed by atoms with van der Waals surface area (Å²) in [7, 11) is 0. The number of hydrogen-bond acceptors (Lipinski definition) is 5. The van der Waals surface area contributed by atoms with Crippen LogP contribution in [0.2, 0.25) is 0 Å². The minimum atomic E-state index is -0.370. The molecular formula is C30H24O5. The van der Waals surface area contributed by atoms with Crippen molar-refractivity contribution >= 4 is 23.7 Å². The van der Waals surface area contributed by atoms with Crippen LogP contribution in [0.3, 0.4) is 0 Å². The fourth-order valence-corrected chi connectivity index (χ4v) is 3.01. The van der Waals surface area contributed by atoms with Gasteiger partial charge in [0, 0.05) is 11.6 Å². The Morgan fingerprint density at radius 2 is 1.06 bits per heavy atom. The van der Waals surface area contributed by atoms with Gasteiger partial charge >= 0.3 is 0 Å². The molecular weight excluding hydrogens is 440 g/mol. The molecule has 0 heterocycles. The highest BCUT2D eigenvalue weighted by Crippen LogP contribution is 2.23. The second-order valence-electron chi connectivity index (χ2n) is 7.46. The van der Waals surface area contributed by atoms with E-state index in [0.717, 1.165) is 22.8 Å². The zero-order valence-electron chi connectivity index (χ0n) is 18.8. The first kappa shape index (κ1) is 24.7. The van der Waals surface area contributed by atoms with Crippen LogP contribution in [0.4, 0.5) is 0 Å². The number of carbonyl (C=O) groups excluding carboxylic acids is 2. The normalized spacial score (nSPS) is 10.6. The molecule has 0 saturated carbocycles. The standard InChI is InChI=1S/C15H12O4.C15H12O/c16-11-4-1-10(2-5-11)3-8-14(18)13-7-6-12(17)9-15(13)19;16-15(14-9-5-2-6-10-14)12-11-13-7-3-1-4-8-13/h1-9,16-17,19H;1-12H/b8-3+;. The van der Waals surface area contributed by atoms with Crippen LogP contribution < -0.4 is 0 Å². The van der Waals surface area contributed by atoms with Crippen LogP contribution in [0.25, 0.3) is 12.2 Å². The first-order chi connectivity index (χ1) is 16.9. The van der Waals surface area contributed by atoms with Crippen molar-refractivity contribution in [2.75, 3.05) is 0 Å². The van der Waals surface area contributed by atoms with Gasteiger partial charge < -0.3 is 15.3 Å². The fourth-order valence-electron chi connectivity index (χ4n) is 3.01. The molecule has 4 aromatic rings. The SMILES string of the molecule is O=C(/C=C/c1ccc(O)cc1)c1ccc(O)cc1O.O=C(C=Cc1ccccc1)c1ccccc1. The molecule has 0 atom stereocenters. The van der Waals surface area contributed by atoms with Crippen molar-refractivity contribution in [3.63, 3.8) is 0 Å². The van der Waals surface area contributed by atoms with Crippen LogP contribution in [-0.4, -0.2) is 26.9 Å². The summed E-state index contributed by atoms with van der Waals surface area (Å²) in [5.41, 5.74) is 2.62. The maximum Gasteiger partial charge on any atom is 0.189 e. The van der Waals surface area contributed by atoms with Crippen LogP contribution in [0.15, 0.2) is 115 Å². The number of hydrogen-bond donors (Lipinski definition) is 3. The molecule has 0 bridgehead atoms. The van der Waals surface area contributed by atoms with Crippen molar-refractivity contribution < 1.29 is 24.9 Å². The lowest BCUT2D eigenvalue weighted by molar-refractivity contribution is 0.103. The molecule has 0 aliphatic carbocycles. The number of rotatable bonds is 6. The van der Waals surface area contributed by atoms with Crippen LogP contribution in [0.5, 0.6) is 17.2 Å². The highest BCUT2D eigenvalue weighted by Gasteiger charge is 2.08. The third-order valence-corrected chi connectivity index (χ3v) is 4.85. The number of phenolic OH excluding ortho intramolecular Hbond substituents is 3. The summed E-state index contributed by atoms with van der Waals surface area (Å²) in [4.78, 5) is 23.6. The van der Waals surface area contributed by atoms with E-state index < -0.39 is 0 Å². The molecule has 5 heteroatoms. The summed E-state index contributed by atoms with van der Waals surface area (Å²) >= 11 is 0. The molecule has 0 saturated heterocycles. The van der Waals surface area contributed by atoms with Crippen molar-refractivity contribution in [1.29, 1.82) is 0 Å². The van der Waals surface area contributed by atoms with E-state index in [1.54, 1.807) is 24.3 Å². The van der Waals surface area contributed by atoms with Gasteiger partial charge in [0.25, 0.3) is 0 Å². The van der Waals surface area contributed by atoms with Gasteiger partial charge in [0.15, 0.2) is 11.6 Å². The summed E-state index contributed by atoms with van der Waals surface area (Å²) in [6.45, 7) is 0. The molecule has 3 N–H and O–H groups in total. The van der Waals surface area contributed by atoms with E-state index in [-0.39, 0.29) is 34.4 Å². The van der Waals surface area contributed by atoms with Crippen LogP contribution >= 0.6 is 0 Å². The molecule has 35 heavy (non-hydrogen) atoms. The number of phenols is 3. The van der Waals surface area contributed by atoms with Gasteiger partial charge in [-0.15, -0.1) is 0 Å². The molecule has 0 amide bonds. The fraction of sp³-hybridized carbons (Fsp3) is 0. The highest BCUT2D eigenvalue weighted by molar-refractivity contribution is 6.08. The number of aromatic hydroxyl groups is 3. The summed E-state index contributed by atoms with van der Waals surface area (Å²) in [5.74, 6) is -0.549. The second-order valence-corrected chi connectivity index (χ2v) is 7.46. The van der Waals surface area contributed by atoms with Gasteiger partial charge in [-0.1, -0.05) is 84.9 Å². The smallest absolute Gasteiger partial charge is 0.189 e. The van der Waals surface area contributed by atoms with Crippen molar-refractivity contribution in [2.24, 2.45) is 0 Å². The van der Waals surface area contributed by atoms with Gasteiger partial charge in [0.1, 0.15) is 17.2 Å². The Bertz CT molecular complexity index is 1320. The summed E-state index contributed by atoms with van der Waals surface area (Å²) in [6.07, 6.45) is 6.33. The Morgan fingerprint density at radius 3 is 1.66 bits per heavy atom.